The molecule has 9 nitrogen and oxygen atoms in total. The standard InChI is InChI=1S/C24H32N6O3/c1-24(2,3)33-23(32)28-30(15-22(31)21(25)13-18-7-5-4-6-8-18)14-19-9-11-20(12-10-19)29-16-26-27-17-29/h4-12,16-17,21-22,31H,13-15,25H2,1-3H3,(H,28,32). The minimum Gasteiger partial charge on any atom is -0.443 e. The van der Waals surface area contributed by atoms with Gasteiger partial charge in [0, 0.05) is 24.8 Å². The topological polar surface area (TPSA) is 119 Å². The van der Waals surface area contributed by atoms with Crippen molar-refractivity contribution < 1.29 is 14.6 Å². The number of hydrazine groups is 1. The third-order valence-electron chi connectivity index (χ3n) is 4.89. The minimum atomic E-state index is -0.864. The maximum atomic E-state index is 12.4. The molecule has 9 heteroatoms. The third-order valence-corrected chi connectivity index (χ3v) is 4.89. The van der Waals surface area contributed by atoms with E-state index in [4.69, 9.17) is 10.5 Å². The molecule has 2 unspecified atom stereocenters. The molecule has 2 atom stereocenters. The number of ether oxygens (including phenoxy) is 1. The Hall–Kier alpha value is -3.27. The normalized spacial score (nSPS) is 13.5. The van der Waals surface area contributed by atoms with Gasteiger partial charge in [-0.25, -0.2) is 9.80 Å². The van der Waals surface area contributed by atoms with Crippen molar-refractivity contribution in [1.29, 1.82) is 0 Å². The van der Waals surface area contributed by atoms with Crippen molar-refractivity contribution in [3.8, 4) is 5.69 Å². The van der Waals surface area contributed by atoms with E-state index in [1.165, 1.54) is 0 Å². The number of nitrogens with one attached hydrogen (secondary N) is 1. The molecule has 0 aliphatic rings. The molecule has 0 radical (unpaired) electrons. The zero-order valence-corrected chi connectivity index (χ0v) is 19.3. The molecule has 0 fully saturated rings. The monoisotopic (exact) mass is 452 g/mol. The zero-order valence-electron chi connectivity index (χ0n) is 19.3. The first-order valence-electron chi connectivity index (χ1n) is 10.9. The van der Waals surface area contributed by atoms with Crippen LogP contribution in [0.25, 0.3) is 5.69 Å². The number of hydrogen-bond acceptors (Lipinski definition) is 7. The summed E-state index contributed by atoms with van der Waals surface area (Å²) in [7, 11) is 0. The smallest absolute Gasteiger partial charge is 0.422 e. The Labute approximate surface area is 194 Å². The molecular formula is C24H32N6O3. The van der Waals surface area contributed by atoms with Gasteiger partial charge in [0.2, 0.25) is 0 Å². The Kier molecular flexibility index (Phi) is 8.16. The number of nitrogens with two attached hydrogens (primary N) is 1. The molecule has 0 bridgehead atoms. The summed E-state index contributed by atoms with van der Waals surface area (Å²) in [5.74, 6) is 0. The van der Waals surface area contributed by atoms with E-state index >= 15 is 0 Å². The van der Waals surface area contributed by atoms with Crippen LogP contribution in [0.5, 0.6) is 0 Å². The van der Waals surface area contributed by atoms with Crippen LogP contribution < -0.4 is 11.2 Å². The number of amides is 1. The van der Waals surface area contributed by atoms with E-state index in [2.05, 4.69) is 15.6 Å². The van der Waals surface area contributed by atoms with Crippen molar-refractivity contribution >= 4 is 6.09 Å². The van der Waals surface area contributed by atoms with Gasteiger partial charge in [-0.05, 0) is 50.5 Å². The average molecular weight is 453 g/mol. The van der Waals surface area contributed by atoms with Crippen molar-refractivity contribution in [2.24, 2.45) is 5.73 Å². The van der Waals surface area contributed by atoms with Crippen molar-refractivity contribution in [3.05, 3.63) is 78.4 Å². The highest BCUT2D eigenvalue weighted by molar-refractivity contribution is 5.67. The lowest BCUT2D eigenvalue weighted by molar-refractivity contribution is 0.0171. The van der Waals surface area contributed by atoms with Crippen LogP contribution in [0.15, 0.2) is 67.3 Å². The highest BCUT2D eigenvalue weighted by Gasteiger charge is 2.23. The second-order valence-corrected chi connectivity index (χ2v) is 8.95. The Morgan fingerprint density at radius 1 is 1.09 bits per heavy atom. The van der Waals surface area contributed by atoms with E-state index in [-0.39, 0.29) is 6.54 Å². The molecule has 1 amide bonds. The summed E-state index contributed by atoms with van der Waals surface area (Å²) in [5, 5.41) is 20.0. The number of nitrogens with zero attached hydrogens (tertiary/aromatic N) is 4. The molecule has 1 aromatic heterocycles. The van der Waals surface area contributed by atoms with Crippen LogP contribution in [0.2, 0.25) is 0 Å². The van der Waals surface area contributed by atoms with Crippen LogP contribution in [-0.4, -0.2) is 55.3 Å². The first-order valence-corrected chi connectivity index (χ1v) is 10.9. The molecule has 176 valence electrons. The maximum absolute atomic E-state index is 12.4. The predicted octanol–water partition coefficient (Wildman–Crippen LogP) is 2.44. The number of aliphatic hydroxyl groups excluding tert-OH is 1. The van der Waals surface area contributed by atoms with Crippen LogP contribution in [0, 0.1) is 0 Å². The number of rotatable bonds is 9. The summed E-state index contributed by atoms with van der Waals surface area (Å²) in [6, 6.07) is 17.0. The van der Waals surface area contributed by atoms with E-state index < -0.39 is 23.8 Å². The van der Waals surface area contributed by atoms with Gasteiger partial charge in [-0.1, -0.05) is 42.5 Å². The number of carbonyl (C=O) groups excluding carboxylic acids is 1. The van der Waals surface area contributed by atoms with Crippen LogP contribution >= 0.6 is 0 Å². The molecule has 33 heavy (non-hydrogen) atoms. The number of benzene rings is 2. The van der Waals surface area contributed by atoms with Gasteiger partial charge >= 0.3 is 6.09 Å². The summed E-state index contributed by atoms with van der Waals surface area (Å²) in [5.41, 5.74) is 11.3. The molecule has 2 aromatic carbocycles. The molecule has 0 saturated carbocycles. The quantitative estimate of drug-likeness (QED) is 0.427. The van der Waals surface area contributed by atoms with Gasteiger partial charge < -0.3 is 15.6 Å². The predicted molar refractivity (Wildman–Crippen MR) is 125 cm³/mol. The van der Waals surface area contributed by atoms with E-state index in [0.29, 0.717) is 13.0 Å². The van der Waals surface area contributed by atoms with Gasteiger partial charge in [0.05, 0.1) is 6.10 Å². The van der Waals surface area contributed by atoms with Crippen LogP contribution in [0.4, 0.5) is 4.79 Å². The average Bonchev–Trinajstić information content (AvgIpc) is 3.28. The summed E-state index contributed by atoms with van der Waals surface area (Å²) in [4.78, 5) is 12.4. The Morgan fingerprint density at radius 2 is 1.73 bits per heavy atom. The first kappa shape index (κ1) is 24.4. The summed E-state index contributed by atoms with van der Waals surface area (Å²) in [6.45, 7) is 5.89. The first-order chi connectivity index (χ1) is 15.7. The summed E-state index contributed by atoms with van der Waals surface area (Å²) in [6.07, 6.45) is 2.31. The van der Waals surface area contributed by atoms with E-state index in [1.807, 2.05) is 54.6 Å². The number of aromatic nitrogens is 3. The van der Waals surface area contributed by atoms with Crippen LogP contribution in [0.1, 0.15) is 31.9 Å². The van der Waals surface area contributed by atoms with Gasteiger partial charge in [0.1, 0.15) is 18.3 Å². The van der Waals surface area contributed by atoms with Crippen molar-refractivity contribution in [1.82, 2.24) is 25.2 Å². The lowest BCUT2D eigenvalue weighted by Gasteiger charge is -2.29. The van der Waals surface area contributed by atoms with E-state index in [0.717, 1.165) is 16.8 Å². The SMILES string of the molecule is CC(C)(C)OC(=O)NN(Cc1ccc(-n2cnnc2)cc1)CC(O)C(N)Cc1ccccc1. The van der Waals surface area contributed by atoms with Gasteiger partial charge in [-0.2, -0.15) is 0 Å². The highest BCUT2D eigenvalue weighted by atomic mass is 16.6. The van der Waals surface area contributed by atoms with Crippen LogP contribution in [-0.2, 0) is 17.7 Å². The summed E-state index contributed by atoms with van der Waals surface area (Å²) < 4.78 is 7.19. The molecule has 3 rings (SSSR count). The second-order valence-electron chi connectivity index (χ2n) is 8.95. The van der Waals surface area contributed by atoms with Crippen molar-refractivity contribution in [2.45, 2.75) is 51.5 Å². The van der Waals surface area contributed by atoms with Gasteiger partial charge in [-0.15, -0.1) is 10.2 Å². The fourth-order valence-corrected chi connectivity index (χ4v) is 3.29. The van der Waals surface area contributed by atoms with Gasteiger partial charge in [-0.3, -0.25) is 9.99 Å². The highest BCUT2D eigenvalue weighted by Crippen LogP contribution is 2.13. The van der Waals surface area contributed by atoms with Gasteiger partial charge in [0.15, 0.2) is 0 Å². The lowest BCUT2D eigenvalue weighted by Crippen LogP contribution is -2.51. The lowest BCUT2D eigenvalue weighted by atomic mass is 10.0. The van der Waals surface area contributed by atoms with E-state index in [1.54, 1.807) is 43.0 Å². The fourth-order valence-electron chi connectivity index (χ4n) is 3.29. The molecule has 0 aliphatic heterocycles. The number of carbonyl (C=O) groups is 1. The summed E-state index contributed by atoms with van der Waals surface area (Å²) >= 11 is 0. The zero-order chi connectivity index (χ0) is 23.8. The molecule has 4 N–H and O–H groups in total. The van der Waals surface area contributed by atoms with Crippen molar-refractivity contribution in [2.75, 3.05) is 6.54 Å². The molecule has 1 heterocycles. The Balaban J connectivity index is 1.67. The molecule has 0 spiro atoms. The third kappa shape index (κ3) is 7.98. The molecule has 0 aliphatic carbocycles. The van der Waals surface area contributed by atoms with Crippen molar-refractivity contribution in [3.63, 3.8) is 0 Å². The Morgan fingerprint density at radius 3 is 2.33 bits per heavy atom. The maximum Gasteiger partial charge on any atom is 0.422 e. The molecular weight excluding hydrogens is 420 g/mol. The van der Waals surface area contributed by atoms with Gasteiger partial charge in [0.25, 0.3) is 0 Å². The molecule has 0 saturated heterocycles. The number of hydrogen-bond donors (Lipinski definition) is 3. The van der Waals surface area contributed by atoms with Crippen LogP contribution in [0.3, 0.4) is 0 Å². The largest absolute Gasteiger partial charge is 0.443 e. The minimum absolute atomic E-state index is 0.139. The Bertz CT molecular complexity index is 987. The number of aliphatic hydroxyl groups is 1. The fraction of sp³-hybridized carbons (Fsp3) is 0.375. The van der Waals surface area contributed by atoms with E-state index in [9.17, 15) is 9.90 Å². The molecule has 3 aromatic rings. The second kappa shape index (κ2) is 11.0.